The molecule has 1 saturated heterocycles. The average molecular weight is 359 g/mol. The Bertz CT molecular complexity index is 594. The van der Waals surface area contributed by atoms with Crippen LogP contribution in [0.25, 0.3) is 0 Å². The molecular weight excluding hydrogens is 330 g/mol. The van der Waals surface area contributed by atoms with Crippen LogP contribution in [0, 0.1) is 0 Å². The van der Waals surface area contributed by atoms with E-state index in [9.17, 15) is 9.59 Å². The third kappa shape index (κ3) is 4.97. The molecule has 0 unspecified atom stereocenters. The summed E-state index contributed by atoms with van der Waals surface area (Å²) in [6, 6.07) is 9.46. The highest BCUT2D eigenvalue weighted by Crippen LogP contribution is 2.28. The quantitative estimate of drug-likeness (QED) is 0.730. The van der Waals surface area contributed by atoms with Crippen LogP contribution in [-0.2, 0) is 16.1 Å². The van der Waals surface area contributed by atoms with Crippen molar-refractivity contribution in [3.8, 4) is 0 Å². The molecule has 0 spiro atoms. The normalized spacial score (nSPS) is 21.8. The summed E-state index contributed by atoms with van der Waals surface area (Å²) in [5.41, 5.74) is 0.223. The summed E-state index contributed by atoms with van der Waals surface area (Å²) < 4.78 is 5.58. The smallest absolute Gasteiger partial charge is 0.315 e. The second-order valence-corrected chi connectivity index (χ2v) is 7.28. The molecule has 1 heterocycles. The average Bonchev–Trinajstić information content (AvgIpc) is 3.19. The first-order chi connectivity index (χ1) is 12.7. The van der Waals surface area contributed by atoms with Crippen LogP contribution >= 0.6 is 0 Å². The van der Waals surface area contributed by atoms with E-state index in [0.717, 1.165) is 44.3 Å². The maximum absolute atomic E-state index is 12.9. The molecule has 1 aliphatic heterocycles. The monoisotopic (exact) mass is 359 g/mol. The minimum absolute atomic E-state index is 0.0810. The van der Waals surface area contributed by atoms with Crippen LogP contribution in [0.5, 0.6) is 0 Å². The molecule has 3 amide bonds. The molecule has 142 valence electrons. The van der Waals surface area contributed by atoms with Crippen LogP contribution in [0.4, 0.5) is 4.79 Å². The van der Waals surface area contributed by atoms with Crippen LogP contribution in [0.15, 0.2) is 30.3 Å². The first-order valence-corrected chi connectivity index (χ1v) is 9.68. The van der Waals surface area contributed by atoms with Crippen LogP contribution < -0.4 is 16.0 Å². The van der Waals surface area contributed by atoms with Crippen LogP contribution in [0.1, 0.15) is 50.5 Å². The van der Waals surface area contributed by atoms with Gasteiger partial charge in [0.15, 0.2) is 0 Å². The zero-order valence-corrected chi connectivity index (χ0v) is 15.3. The summed E-state index contributed by atoms with van der Waals surface area (Å²) in [7, 11) is 0. The highest BCUT2D eigenvalue weighted by atomic mass is 16.5. The van der Waals surface area contributed by atoms with Crippen molar-refractivity contribution in [2.45, 2.75) is 63.1 Å². The number of rotatable bonds is 6. The van der Waals surface area contributed by atoms with Crippen molar-refractivity contribution in [1.82, 2.24) is 16.0 Å². The predicted octanol–water partition coefficient (Wildman–Crippen LogP) is 2.48. The van der Waals surface area contributed by atoms with Gasteiger partial charge in [-0.05, 0) is 31.2 Å². The van der Waals surface area contributed by atoms with Crippen LogP contribution in [0.2, 0.25) is 0 Å². The maximum Gasteiger partial charge on any atom is 0.315 e. The molecule has 1 aromatic carbocycles. The van der Waals surface area contributed by atoms with Crippen molar-refractivity contribution >= 4 is 11.9 Å². The lowest BCUT2D eigenvalue weighted by Gasteiger charge is -2.36. The number of carbonyl (C=O) groups is 2. The third-order valence-corrected chi connectivity index (χ3v) is 5.30. The van der Waals surface area contributed by atoms with Gasteiger partial charge in [-0.3, -0.25) is 4.79 Å². The minimum atomic E-state index is -0.808. The van der Waals surface area contributed by atoms with E-state index in [1.807, 2.05) is 30.3 Å². The summed E-state index contributed by atoms with van der Waals surface area (Å²) >= 11 is 0. The molecule has 1 aromatic rings. The van der Waals surface area contributed by atoms with Crippen molar-refractivity contribution in [3.63, 3.8) is 0 Å². The van der Waals surface area contributed by atoms with E-state index in [0.29, 0.717) is 25.9 Å². The van der Waals surface area contributed by atoms with Crippen LogP contribution in [0.3, 0.4) is 0 Å². The molecule has 0 radical (unpaired) electrons. The molecule has 3 rings (SSSR count). The number of ether oxygens (including phenoxy) is 1. The second-order valence-electron chi connectivity index (χ2n) is 7.28. The van der Waals surface area contributed by atoms with Gasteiger partial charge in [0.2, 0.25) is 5.91 Å². The molecule has 0 bridgehead atoms. The zero-order valence-electron chi connectivity index (χ0n) is 15.3. The Morgan fingerprint density at radius 2 is 1.81 bits per heavy atom. The van der Waals surface area contributed by atoms with Gasteiger partial charge in [0.25, 0.3) is 0 Å². The van der Waals surface area contributed by atoms with E-state index in [2.05, 4.69) is 16.0 Å². The maximum atomic E-state index is 12.9. The van der Waals surface area contributed by atoms with Crippen LogP contribution in [-0.4, -0.2) is 36.7 Å². The molecule has 0 aromatic heterocycles. The van der Waals surface area contributed by atoms with E-state index in [1.54, 1.807) is 0 Å². The fourth-order valence-corrected chi connectivity index (χ4v) is 3.78. The summed E-state index contributed by atoms with van der Waals surface area (Å²) in [6.45, 7) is 1.74. The second kappa shape index (κ2) is 9.03. The van der Waals surface area contributed by atoms with Gasteiger partial charge < -0.3 is 20.7 Å². The van der Waals surface area contributed by atoms with Gasteiger partial charge in [-0.2, -0.15) is 0 Å². The Hall–Kier alpha value is -2.08. The number of urea groups is 1. The third-order valence-electron chi connectivity index (χ3n) is 5.30. The Balaban J connectivity index is 1.55. The standard InChI is InChI=1S/C20H29N3O3/c24-18(21-15-17-10-7-13-26-17)20(11-5-2-6-12-20)23-19(25)22-14-16-8-3-1-4-9-16/h1,3-4,8-9,17H,2,5-7,10-15H2,(H,21,24)(H2,22,23,25)/t17-/m1/s1. The zero-order chi connectivity index (χ0) is 18.2. The van der Waals surface area contributed by atoms with E-state index >= 15 is 0 Å². The number of hydrogen-bond donors (Lipinski definition) is 3. The molecule has 3 N–H and O–H groups in total. The number of benzene rings is 1. The van der Waals surface area contributed by atoms with Gasteiger partial charge in [0.1, 0.15) is 5.54 Å². The van der Waals surface area contributed by atoms with Gasteiger partial charge in [-0.1, -0.05) is 49.6 Å². The summed E-state index contributed by atoms with van der Waals surface area (Å²) in [5, 5.41) is 8.85. The number of nitrogens with one attached hydrogen (secondary N) is 3. The largest absolute Gasteiger partial charge is 0.376 e. The highest BCUT2D eigenvalue weighted by Gasteiger charge is 2.41. The Morgan fingerprint density at radius 1 is 1.04 bits per heavy atom. The molecule has 6 nitrogen and oxygen atoms in total. The Morgan fingerprint density at radius 3 is 2.50 bits per heavy atom. The topological polar surface area (TPSA) is 79.5 Å². The summed E-state index contributed by atoms with van der Waals surface area (Å²) in [4.78, 5) is 25.3. The van der Waals surface area contributed by atoms with Gasteiger partial charge in [-0.15, -0.1) is 0 Å². The van der Waals surface area contributed by atoms with Crippen molar-refractivity contribution in [3.05, 3.63) is 35.9 Å². The van der Waals surface area contributed by atoms with Gasteiger partial charge >= 0.3 is 6.03 Å². The van der Waals surface area contributed by atoms with E-state index < -0.39 is 5.54 Å². The lowest BCUT2D eigenvalue weighted by Crippen LogP contribution is -2.62. The summed E-state index contributed by atoms with van der Waals surface area (Å²) in [6.07, 6.45) is 6.51. The molecular formula is C20H29N3O3. The van der Waals surface area contributed by atoms with Crippen molar-refractivity contribution in [2.75, 3.05) is 13.2 Å². The molecule has 6 heteroatoms. The van der Waals surface area contributed by atoms with E-state index in [1.165, 1.54) is 0 Å². The van der Waals surface area contributed by atoms with Gasteiger partial charge in [0.05, 0.1) is 6.10 Å². The Labute approximate surface area is 155 Å². The predicted molar refractivity (Wildman–Crippen MR) is 99.6 cm³/mol. The number of hydrogen-bond acceptors (Lipinski definition) is 3. The molecule has 26 heavy (non-hydrogen) atoms. The molecule has 2 aliphatic rings. The minimum Gasteiger partial charge on any atom is -0.376 e. The van der Waals surface area contributed by atoms with Crippen molar-refractivity contribution in [1.29, 1.82) is 0 Å². The number of carbonyl (C=O) groups excluding carboxylic acids is 2. The lowest BCUT2D eigenvalue weighted by atomic mass is 9.81. The van der Waals surface area contributed by atoms with Gasteiger partial charge in [0, 0.05) is 19.7 Å². The van der Waals surface area contributed by atoms with Crippen molar-refractivity contribution < 1.29 is 14.3 Å². The van der Waals surface area contributed by atoms with E-state index in [-0.39, 0.29) is 18.0 Å². The fraction of sp³-hybridized carbons (Fsp3) is 0.600. The van der Waals surface area contributed by atoms with Gasteiger partial charge in [-0.25, -0.2) is 4.79 Å². The molecule has 2 fully saturated rings. The van der Waals surface area contributed by atoms with Crippen molar-refractivity contribution in [2.24, 2.45) is 0 Å². The fourth-order valence-electron chi connectivity index (χ4n) is 3.78. The number of amides is 3. The summed E-state index contributed by atoms with van der Waals surface area (Å²) in [5.74, 6) is -0.0810. The first kappa shape index (κ1) is 18.7. The first-order valence-electron chi connectivity index (χ1n) is 9.68. The van der Waals surface area contributed by atoms with E-state index in [4.69, 9.17) is 4.74 Å². The Kier molecular flexibility index (Phi) is 6.50. The molecule has 1 aliphatic carbocycles. The highest BCUT2D eigenvalue weighted by molar-refractivity contribution is 5.91. The lowest BCUT2D eigenvalue weighted by molar-refractivity contribution is -0.129. The molecule has 1 atom stereocenters. The molecule has 1 saturated carbocycles. The SMILES string of the molecule is O=C(NCc1ccccc1)NC1(C(=O)NC[C@H]2CCCO2)CCCCC1.